The largest absolute Gasteiger partial charge is 0.488 e. The summed E-state index contributed by atoms with van der Waals surface area (Å²) in [4.78, 5) is 0.148. The summed E-state index contributed by atoms with van der Waals surface area (Å²) in [5, 5.41) is 27.7. The molecule has 3 rings (SSSR count). The Labute approximate surface area is 166 Å². The van der Waals surface area contributed by atoms with Crippen molar-refractivity contribution in [3.63, 3.8) is 0 Å². The van der Waals surface area contributed by atoms with Crippen LogP contribution in [-0.2, 0) is 23.2 Å². The quantitative estimate of drug-likeness (QED) is 0.607. The van der Waals surface area contributed by atoms with Gasteiger partial charge in [0, 0.05) is 12.6 Å². The monoisotopic (exact) mass is 403 g/mol. The second-order valence-corrected chi connectivity index (χ2v) is 9.15. The van der Waals surface area contributed by atoms with Crippen LogP contribution in [0.4, 0.5) is 0 Å². The number of rotatable bonds is 7. The molecule has 0 atom stereocenters. The molecule has 0 aromatic heterocycles. The lowest BCUT2D eigenvalue weighted by molar-refractivity contribution is 0.247. The summed E-state index contributed by atoms with van der Waals surface area (Å²) in [6, 6.07) is 12.9. The predicted octanol–water partition coefficient (Wildman–Crippen LogP) is 1.38. The Morgan fingerprint density at radius 3 is 2.00 bits per heavy atom. The molecule has 3 N–H and O–H groups in total. The van der Waals surface area contributed by atoms with E-state index < -0.39 is 17.1 Å². The highest BCUT2D eigenvalue weighted by atomic mass is 32.2. The molecule has 6 nitrogen and oxygen atoms in total. The first-order valence-corrected chi connectivity index (χ1v) is 11.0. The number of hydrogen-bond acceptors (Lipinski definition) is 5. The van der Waals surface area contributed by atoms with Gasteiger partial charge in [0.25, 0.3) is 0 Å². The Hall–Kier alpha value is -1.71. The molecule has 1 aliphatic carbocycles. The van der Waals surface area contributed by atoms with E-state index >= 15 is 0 Å². The summed E-state index contributed by atoms with van der Waals surface area (Å²) >= 11 is 0. The van der Waals surface area contributed by atoms with Crippen molar-refractivity contribution in [1.82, 2.24) is 4.31 Å². The van der Waals surface area contributed by atoms with Crippen molar-refractivity contribution in [2.24, 2.45) is 0 Å². The minimum atomic E-state index is -3.74. The highest BCUT2D eigenvalue weighted by Crippen LogP contribution is 2.29. The van der Waals surface area contributed by atoms with Crippen molar-refractivity contribution in [2.75, 3.05) is 0 Å². The van der Waals surface area contributed by atoms with E-state index in [0.717, 1.165) is 43.2 Å². The number of sulfonamides is 1. The van der Waals surface area contributed by atoms with Crippen LogP contribution < -0.4 is 5.46 Å². The van der Waals surface area contributed by atoms with Crippen molar-refractivity contribution >= 4 is 22.6 Å². The molecule has 0 spiro atoms. The third kappa shape index (κ3) is 4.82. The van der Waals surface area contributed by atoms with Gasteiger partial charge in [-0.05, 0) is 41.6 Å². The van der Waals surface area contributed by atoms with Crippen LogP contribution in [0.5, 0.6) is 0 Å². The van der Waals surface area contributed by atoms with Crippen molar-refractivity contribution in [3.05, 3.63) is 59.7 Å². The van der Waals surface area contributed by atoms with Crippen LogP contribution in [0.1, 0.15) is 43.2 Å². The molecule has 1 aliphatic rings. The van der Waals surface area contributed by atoms with E-state index in [4.69, 9.17) is 0 Å². The minimum absolute atomic E-state index is 0.0476. The van der Waals surface area contributed by atoms with Gasteiger partial charge in [-0.3, -0.25) is 0 Å². The van der Waals surface area contributed by atoms with E-state index in [-0.39, 0.29) is 29.6 Å². The van der Waals surface area contributed by atoms with Crippen LogP contribution in [0, 0.1) is 0 Å². The highest BCUT2D eigenvalue weighted by molar-refractivity contribution is 7.89. The topological polar surface area (TPSA) is 98.1 Å². The fourth-order valence-corrected chi connectivity index (χ4v) is 5.33. The zero-order valence-electron chi connectivity index (χ0n) is 15.7. The van der Waals surface area contributed by atoms with Gasteiger partial charge in [0.2, 0.25) is 10.0 Å². The summed E-state index contributed by atoms with van der Waals surface area (Å²) < 4.78 is 28.4. The maximum Gasteiger partial charge on any atom is 0.488 e. The normalized spacial score (nSPS) is 15.7. The zero-order valence-corrected chi connectivity index (χ0v) is 16.6. The number of benzene rings is 2. The standard InChI is InChI=1S/C20H26BNO5S/c23-15-17-8-6-16(7-9-17)14-22(19-4-2-1-3-5-19)28(26,27)20-12-10-18(11-13-20)21(24)25/h6-13,19,23-25H,1-5,14-15H2. The first kappa shape index (κ1) is 21.0. The molecule has 1 saturated carbocycles. The van der Waals surface area contributed by atoms with Gasteiger partial charge in [-0.15, -0.1) is 0 Å². The Kier molecular flexibility index (Phi) is 6.90. The van der Waals surface area contributed by atoms with Gasteiger partial charge >= 0.3 is 7.12 Å². The van der Waals surface area contributed by atoms with Crippen LogP contribution in [0.25, 0.3) is 0 Å². The van der Waals surface area contributed by atoms with Gasteiger partial charge in [0.1, 0.15) is 0 Å². The van der Waals surface area contributed by atoms with Gasteiger partial charge in [-0.25, -0.2) is 8.42 Å². The smallest absolute Gasteiger partial charge is 0.423 e. The van der Waals surface area contributed by atoms with Gasteiger partial charge < -0.3 is 15.2 Å². The molecular weight excluding hydrogens is 377 g/mol. The van der Waals surface area contributed by atoms with Crippen LogP contribution in [0.3, 0.4) is 0 Å². The second-order valence-electron chi connectivity index (χ2n) is 7.26. The summed E-state index contributed by atoms with van der Waals surface area (Å²) in [5.74, 6) is 0. The van der Waals surface area contributed by atoms with Crippen molar-refractivity contribution in [1.29, 1.82) is 0 Å². The first-order valence-electron chi connectivity index (χ1n) is 9.58. The van der Waals surface area contributed by atoms with Crippen LogP contribution in [0.15, 0.2) is 53.4 Å². The molecule has 0 amide bonds. The maximum absolute atomic E-state index is 13.4. The van der Waals surface area contributed by atoms with Gasteiger partial charge in [-0.1, -0.05) is 55.7 Å². The summed E-state index contributed by atoms with van der Waals surface area (Å²) in [5.41, 5.74) is 1.91. The molecule has 0 bridgehead atoms. The predicted molar refractivity (Wildman–Crippen MR) is 108 cm³/mol. The molecule has 8 heteroatoms. The van der Waals surface area contributed by atoms with Gasteiger partial charge in [0.05, 0.1) is 11.5 Å². The first-order chi connectivity index (χ1) is 13.4. The molecule has 0 heterocycles. The van der Waals surface area contributed by atoms with E-state index in [1.165, 1.54) is 24.3 Å². The Bertz CT molecular complexity index is 862. The summed E-state index contributed by atoms with van der Waals surface area (Å²) in [6.45, 7) is 0.219. The summed E-state index contributed by atoms with van der Waals surface area (Å²) in [7, 11) is -5.36. The number of hydrogen-bond donors (Lipinski definition) is 3. The van der Waals surface area contributed by atoms with Crippen LogP contribution in [-0.4, -0.2) is 41.0 Å². The molecule has 2 aromatic carbocycles. The van der Waals surface area contributed by atoms with Crippen LogP contribution >= 0.6 is 0 Å². The van der Waals surface area contributed by atoms with E-state index in [1.54, 1.807) is 16.4 Å². The average molecular weight is 403 g/mol. The zero-order chi connectivity index (χ0) is 20.1. The third-order valence-corrected chi connectivity index (χ3v) is 7.22. The van der Waals surface area contributed by atoms with Gasteiger partial charge in [-0.2, -0.15) is 4.31 Å². The van der Waals surface area contributed by atoms with E-state index in [1.807, 2.05) is 12.1 Å². The van der Waals surface area contributed by atoms with Crippen molar-refractivity contribution < 1.29 is 23.6 Å². The fraction of sp³-hybridized carbons (Fsp3) is 0.400. The molecule has 0 unspecified atom stereocenters. The molecule has 0 radical (unpaired) electrons. The van der Waals surface area contributed by atoms with Gasteiger partial charge in [0.15, 0.2) is 0 Å². The lowest BCUT2D eigenvalue weighted by Crippen LogP contribution is -2.41. The Morgan fingerprint density at radius 2 is 1.46 bits per heavy atom. The fourth-order valence-electron chi connectivity index (χ4n) is 3.66. The number of aliphatic hydroxyl groups excluding tert-OH is 1. The average Bonchev–Trinajstić information content (AvgIpc) is 2.73. The van der Waals surface area contributed by atoms with E-state index in [0.29, 0.717) is 0 Å². The minimum Gasteiger partial charge on any atom is -0.423 e. The second kappa shape index (κ2) is 9.20. The molecule has 0 aliphatic heterocycles. The maximum atomic E-state index is 13.4. The lowest BCUT2D eigenvalue weighted by Gasteiger charge is -2.33. The molecule has 1 fully saturated rings. The molecule has 150 valence electrons. The molecular formula is C20H26BNO5S. The molecule has 0 saturated heterocycles. The Morgan fingerprint density at radius 1 is 0.893 bits per heavy atom. The molecule has 28 heavy (non-hydrogen) atoms. The number of aliphatic hydroxyl groups is 1. The summed E-state index contributed by atoms with van der Waals surface area (Å²) in [6.07, 6.45) is 4.81. The highest BCUT2D eigenvalue weighted by Gasteiger charge is 2.32. The Balaban J connectivity index is 1.91. The number of nitrogens with zero attached hydrogens (tertiary/aromatic N) is 1. The van der Waals surface area contributed by atoms with Crippen molar-refractivity contribution in [2.45, 2.75) is 56.2 Å². The van der Waals surface area contributed by atoms with Crippen molar-refractivity contribution in [3.8, 4) is 0 Å². The third-order valence-electron chi connectivity index (χ3n) is 5.31. The van der Waals surface area contributed by atoms with E-state index in [2.05, 4.69) is 0 Å². The van der Waals surface area contributed by atoms with E-state index in [9.17, 15) is 23.6 Å². The SMILES string of the molecule is O=S(=O)(c1ccc(B(O)O)cc1)N(Cc1ccc(CO)cc1)C1CCCCC1. The molecule has 2 aromatic rings. The lowest BCUT2D eigenvalue weighted by atomic mass is 9.81. The van der Waals surface area contributed by atoms with Crippen LogP contribution in [0.2, 0.25) is 0 Å².